The Hall–Kier alpha value is -0.545. The van der Waals surface area contributed by atoms with E-state index in [0.29, 0.717) is 0 Å². The van der Waals surface area contributed by atoms with E-state index in [-0.39, 0.29) is 0 Å². The summed E-state index contributed by atoms with van der Waals surface area (Å²) in [6.07, 6.45) is 1.75. The predicted molar refractivity (Wildman–Crippen MR) is 44.5 cm³/mol. The Morgan fingerprint density at radius 1 is 1.55 bits per heavy atom. The zero-order valence-electron chi connectivity index (χ0n) is 6.71. The van der Waals surface area contributed by atoms with Gasteiger partial charge in [0.1, 0.15) is 0 Å². The van der Waals surface area contributed by atoms with E-state index in [0.717, 1.165) is 31.8 Å². The molecule has 1 aliphatic rings. The molecule has 0 aliphatic carbocycles. The molecule has 0 saturated carbocycles. The quantitative estimate of drug-likeness (QED) is 0.431. The fourth-order valence-corrected chi connectivity index (χ4v) is 0.904. The highest BCUT2D eigenvalue weighted by atomic mass is 16.5. The summed E-state index contributed by atoms with van der Waals surface area (Å²) < 4.78 is 5.14. The summed E-state index contributed by atoms with van der Waals surface area (Å²) in [5.41, 5.74) is 1.08. The van der Waals surface area contributed by atoms with Gasteiger partial charge in [-0.3, -0.25) is 0 Å². The molecule has 1 fully saturated rings. The fourth-order valence-electron chi connectivity index (χ4n) is 0.904. The van der Waals surface area contributed by atoms with Gasteiger partial charge in [-0.2, -0.15) is 0 Å². The largest absolute Gasteiger partial charge is 0.432 e. The second kappa shape index (κ2) is 4.36. The van der Waals surface area contributed by atoms with Crippen molar-refractivity contribution in [2.75, 3.05) is 13.2 Å². The molecule has 0 atom stereocenters. The molecule has 0 aromatic carbocycles. The Morgan fingerprint density at radius 2 is 2.18 bits per heavy atom. The van der Waals surface area contributed by atoms with Crippen LogP contribution in [0.3, 0.4) is 0 Å². The van der Waals surface area contributed by atoms with Crippen LogP contribution in [0, 0.1) is 0 Å². The lowest BCUT2D eigenvalue weighted by molar-refractivity contribution is 0.134. The SMILES string of the molecule is CB(O)NN=C1CCOCC1. The van der Waals surface area contributed by atoms with E-state index in [4.69, 9.17) is 9.76 Å². The molecule has 2 N–H and O–H groups in total. The third-order valence-electron chi connectivity index (χ3n) is 1.48. The summed E-state index contributed by atoms with van der Waals surface area (Å²) in [5.74, 6) is 0. The van der Waals surface area contributed by atoms with Crippen LogP contribution in [0.5, 0.6) is 0 Å². The van der Waals surface area contributed by atoms with E-state index in [9.17, 15) is 0 Å². The van der Waals surface area contributed by atoms with Crippen molar-refractivity contribution in [3.63, 3.8) is 0 Å². The fraction of sp³-hybridized carbons (Fsp3) is 0.833. The zero-order chi connectivity index (χ0) is 8.10. The molecule has 1 saturated heterocycles. The molecule has 0 radical (unpaired) electrons. The van der Waals surface area contributed by atoms with Crippen molar-refractivity contribution in [3.05, 3.63) is 0 Å². The summed E-state index contributed by atoms with van der Waals surface area (Å²) in [5, 5.41) is 15.5. The molecule has 0 bridgehead atoms. The first-order valence-electron chi connectivity index (χ1n) is 3.86. The number of nitrogens with one attached hydrogen (secondary N) is 1. The van der Waals surface area contributed by atoms with E-state index in [1.165, 1.54) is 0 Å². The maximum atomic E-state index is 8.83. The first kappa shape index (κ1) is 8.55. The Labute approximate surface area is 66.8 Å². The molecule has 0 aromatic rings. The van der Waals surface area contributed by atoms with Crippen molar-refractivity contribution in [1.82, 2.24) is 5.34 Å². The number of hydrogen-bond donors (Lipinski definition) is 2. The van der Waals surface area contributed by atoms with Crippen LogP contribution < -0.4 is 5.34 Å². The van der Waals surface area contributed by atoms with E-state index in [2.05, 4.69) is 10.4 Å². The minimum absolute atomic E-state index is 0.564. The second-order valence-electron chi connectivity index (χ2n) is 2.60. The van der Waals surface area contributed by atoms with Crippen LogP contribution in [0.4, 0.5) is 0 Å². The average Bonchev–Trinajstić information content (AvgIpc) is 2.03. The maximum Gasteiger partial charge on any atom is 0.423 e. The normalized spacial score (nSPS) is 17.8. The summed E-state index contributed by atoms with van der Waals surface area (Å²) >= 11 is 0. The third kappa shape index (κ3) is 3.39. The smallest absolute Gasteiger partial charge is 0.423 e. The Kier molecular flexibility index (Phi) is 3.39. The summed E-state index contributed by atoms with van der Waals surface area (Å²) in [6.45, 7) is 3.14. The van der Waals surface area contributed by atoms with Gasteiger partial charge in [-0.25, -0.2) is 5.10 Å². The van der Waals surface area contributed by atoms with Crippen molar-refractivity contribution in [1.29, 1.82) is 0 Å². The molecule has 5 heteroatoms. The van der Waals surface area contributed by atoms with Crippen molar-refractivity contribution in [2.45, 2.75) is 19.7 Å². The van der Waals surface area contributed by atoms with Crippen LogP contribution >= 0.6 is 0 Å². The number of hydrogen-bond acceptors (Lipinski definition) is 4. The van der Waals surface area contributed by atoms with Crippen LogP contribution in [0.1, 0.15) is 12.8 Å². The van der Waals surface area contributed by atoms with Crippen molar-refractivity contribution in [2.24, 2.45) is 5.10 Å². The Bertz CT molecular complexity index is 142. The molecule has 4 nitrogen and oxygen atoms in total. The molecule has 0 aromatic heterocycles. The molecule has 11 heavy (non-hydrogen) atoms. The standard InChI is InChI=1S/C6H13BN2O2/c1-7(10)9-8-6-2-4-11-5-3-6/h9-10H,2-5H2,1H3. The molecule has 0 unspecified atom stereocenters. The first-order valence-corrected chi connectivity index (χ1v) is 3.86. The van der Waals surface area contributed by atoms with Gasteiger partial charge in [0.15, 0.2) is 0 Å². The summed E-state index contributed by atoms with van der Waals surface area (Å²) in [7, 11) is -0.564. The number of ether oxygens (including phenoxy) is 1. The minimum Gasteiger partial charge on any atom is -0.432 e. The van der Waals surface area contributed by atoms with E-state index >= 15 is 0 Å². The monoisotopic (exact) mass is 156 g/mol. The number of nitrogens with zero attached hydrogens (tertiary/aromatic N) is 1. The number of hydrazone groups is 1. The molecule has 1 aliphatic heterocycles. The maximum absolute atomic E-state index is 8.83. The van der Waals surface area contributed by atoms with Gasteiger partial charge in [-0.05, 0) is 6.82 Å². The highest BCUT2D eigenvalue weighted by Crippen LogP contribution is 2.01. The lowest BCUT2D eigenvalue weighted by Gasteiger charge is -2.13. The molecule has 62 valence electrons. The average molecular weight is 156 g/mol. The molecule has 1 heterocycles. The van der Waals surface area contributed by atoms with Crippen LogP contribution in [0.25, 0.3) is 0 Å². The van der Waals surface area contributed by atoms with Crippen LogP contribution in [-0.4, -0.2) is 31.0 Å². The lowest BCUT2D eigenvalue weighted by Crippen LogP contribution is -2.28. The van der Waals surface area contributed by atoms with Crippen molar-refractivity contribution >= 4 is 12.8 Å². The van der Waals surface area contributed by atoms with E-state index in [1.807, 2.05) is 0 Å². The zero-order valence-corrected chi connectivity index (χ0v) is 6.71. The van der Waals surface area contributed by atoms with E-state index in [1.54, 1.807) is 6.82 Å². The van der Waals surface area contributed by atoms with Gasteiger partial charge in [0, 0.05) is 18.6 Å². The summed E-state index contributed by atoms with van der Waals surface area (Å²) in [6, 6.07) is 0. The van der Waals surface area contributed by atoms with Gasteiger partial charge < -0.3 is 15.1 Å². The second-order valence-corrected chi connectivity index (χ2v) is 2.60. The van der Waals surface area contributed by atoms with Crippen molar-refractivity contribution < 1.29 is 9.76 Å². The van der Waals surface area contributed by atoms with Crippen LogP contribution in [-0.2, 0) is 4.74 Å². The van der Waals surface area contributed by atoms with Gasteiger partial charge in [-0.15, -0.1) is 0 Å². The predicted octanol–water partition coefficient (Wildman–Crippen LogP) is -0.147. The Morgan fingerprint density at radius 3 is 2.73 bits per heavy atom. The third-order valence-corrected chi connectivity index (χ3v) is 1.48. The van der Waals surface area contributed by atoms with E-state index < -0.39 is 7.05 Å². The lowest BCUT2D eigenvalue weighted by atomic mass is 9.91. The molecule has 1 rings (SSSR count). The van der Waals surface area contributed by atoms with Crippen LogP contribution in [0.2, 0.25) is 6.82 Å². The summed E-state index contributed by atoms with van der Waals surface area (Å²) in [4.78, 5) is 0. The minimum atomic E-state index is -0.564. The van der Waals surface area contributed by atoms with Gasteiger partial charge >= 0.3 is 7.05 Å². The molecular formula is C6H13BN2O2. The highest BCUT2D eigenvalue weighted by Gasteiger charge is 2.07. The first-order chi connectivity index (χ1) is 5.29. The van der Waals surface area contributed by atoms with Gasteiger partial charge in [-0.1, -0.05) is 0 Å². The van der Waals surface area contributed by atoms with Gasteiger partial charge in [0.05, 0.1) is 13.2 Å². The number of rotatable bonds is 2. The molecule has 0 amide bonds. The molecular weight excluding hydrogens is 143 g/mol. The molecule has 0 spiro atoms. The topological polar surface area (TPSA) is 53.8 Å². The highest BCUT2D eigenvalue weighted by molar-refractivity contribution is 6.45. The van der Waals surface area contributed by atoms with Crippen molar-refractivity contribution in [3.8, 4) is 0 Å². The van der Waals surface area contributed by atoms with Gasteiger partial charge in [0.2, 0.25) is 0 Å². The Balaban J connectivity index is 2.26. The van der Waals surface area contributed by atoms with Crippen LogP contribution in [0.15, 0.2) is 5.10 Å². The van der Waals surface area contributed by atoms with Gasteiger partial charge in [0.25, 0.3) is 0 Å².